The van der Waals surface area contributed by atoms with Gasteiger partial charge in [-0.25, -0.2) is 0 Å². The van der Waals surface area contributed by atoms with Crippen molar-refractivity contribution < 1.29 is 9.53 Å². The average Bonchev–Trinajstić information content (AvgIpc) is 2.86. The maximum Gasteiger partial charge on any atom is 0.238 e. The number of amides is 1. The number of para-hydroxylation sites is 3. The summed E-state index contributed by atoms with van der Waals surface area (Å²) in [4.78, 5) is 14.5. The largest absolute Gasteiger partial charge is 0.455 e. The van der Waals surface area contributed by atoms with Crippen molar-refractivity contribution >= 4 is 11.6 Å². The van der Waals surface area contributed by atoms with Crippen LogP contribution in [-0.2, 0) is 4.79 Å². The molecule has 3 rings (SSSR count). The lowest BCUT2D eigenvalue weighted by Gasteiger charge is -2.19. The minimum absolute atomic E-state index is 0.0130. The van der Waals surface area contributed by atoms with Gasteiger partial charge in [-0.2, -0.15) is 0 Å². The molecule has 0 unspecified atom stereocenters. The number of rotatable bonds is 5. The third-order valence-electron chi connectivity index (χ3n) is 3.93. The fourth-order valence-electron chi connectivity index (χ4n) is 2.73. The predicted octanol–water partition coefficient (Wildman–Crippen LogP) is 2.71. The first-order valence-corrected chi connectivity index (χ1v) is 8.36. The van der Waals surface area contributed by atoms with Crippen LogP contribution in [0.2, 0.25) is 0 Å². The molecule has 0 radical (unpaired) electrons. The van der Waals surface area contributed by atoms with Crippen molar-refractivity contribution in [2.45, 2.75) is 6.42 Å². The SMILES string of the molecule is O=C(CN1CCCNCC1)Nc1ccccc1Oc1ccccc1. The number of nitrogens with zero attached hydrogens (tertiary/aromatic N) is 1. The number of nitrogens with one attached hydrogen (secondary N) is 2. The van der Waals surface area contributed by atoms with Crippen molar-refractivity contribution in [2.75, 3.05) is 38.0 Å². The summed E-state index contributed by atoms with van der Waals surface area (Å²) in [6, 6.07) is 17.1. The van der Waals surface area contributed by atoms with Crippen molar-refractivity contribution in [1.29, 1.82) is 0 Å². The molecule has 0 bridgehead atoms. The Morgan fingerprint density at radius 2 is 1.83 bits per heavy atom. The summed E-state index contributed by atoms with van der Waals surface area (Å²) < 4.78 is 5.88. The van der Waals surface area contributed by atoms with E-state index in [1.54, 1.807) is 0 Å². The molecule has 0 saturated carbocycles. The van der Waals surface area contributed by atoms with Crippen LogP contribution in [0.4, 0.5) is 5.69 Å². The van der Waals surface area contributed by atoms with E-state index in [4.69, 9.17) is 4.74 Å². The number of hydrogen-bond donors (Lipinski definition) is 2. The standard InChI is InChI=1S/C19H23N3O2/c23-19(15-22-13-6-11-20-12-14-22)21-17-9-4-5-10-18(17)24-16-7-2-1-3-8-16/h1-5,7-10,20H,6,11-15H2,(H,21,23). The Morgan fingerprint density at radius 1 is 1.04 bits per heavy atom. The molecule has 126 valence electrons. The van der Waals surface area contributed by atoms with Gasteiger partial charge in [0.1, 0.15) is 5.75 Å². The molecule has 5 nitrogen and oxygen atoms in total. The minimum atomic E-state index is -0.0130. The van der Waals surface area contributed by atoms with Crippen molar-refractivity contribution in [3.63, 3.8) is 0 Å². The zero-order valence-electron chi connectivity index (χ0n) is 13.7. The summed E-state index contributed by atoms with van der Waals surface area (Å²) in [5.41, 5.74) is 0.694. The summed E-state index contributed by atoms with van der Waals surface area (Å²) >= 11 is 0. The van der Waals surface area contributed by atoms with Gasteiger partial charge in [0, 0.05) is 13.1 Å². The third kappa shape index (κ3) is 4.81. The van der Waals surface area contributed by atoms with Gasteiger partial charge in [-0.15, -0.1) is 0 Å². The van der Waals surface area contributed by atoms with Crippen molar-refractivity contribution in [3.8, 4) is 11.5 Å². The van der Waals surface area contributed by atoms with Gasteiger partial charge in [-0.3, -0.25) is 9.69 Å². The van der Waals surface area contributed by atoms with Gasteiger partial charge in [-0.1, -0.05) is 30.3 Å². The number of benzene rings is 2. The van der Waals surface area contributed by atoms with Crippen LogP contribution in [0.5, 0.6) is 11.5 Å². The van der Waals surface area contributed by atoms with Crippen LogP contribution in [0.3, 0.4) is 0 Å². The van der Waals surface area contributed by atoms with E-state index in [0.717, 1.165) is 38.3 Å². The number of carbonyl (C=O) groups is 1. The Morgan fingerprint density at radius 3 is 2.71 bits per heavy atom. The molecule has 0 atom stereocenters. The molecule has 1 amide bonds. The quantitative estimate of drug-likeness (QED) is 0.887. The summed E-state index contributed by atoms with van der Waals surface area (Å²) in [5.74, 6) is 1.38. The van der Waals surface area contributed by atoms with E-state index in [2.05, 4.69) is 15.5 Å². The molecular formula is C19H23N3O2. The van der Waals surface area contributed by atoms with Crippen LogP contribution < -0.4 is 15.4 Å². The van der Waals surface area contributed by atoms with Crippen molar-refractivity contribution in [2.24, 2.45) is 0 Å². The Labute approximate surface area is 142 Å². The monoisotopic (exact) mass is 325 g/mol. The van der Waals surface area contributed by atoms with Gasteiger partial charge < -0.3 is 15.4 Å². The van der Waals surface area contributed by atoms with Crippen LogP contribution in [-0.4, -0.2) is 43.5 Å². The van der Waals surface area contributed by atoms with E-state index in [9.17, 15) is 4.79 Å². The Bertz CT molecular complexity index is 653. The molecule has 2 N–H and O–H groups in total. The lowest BCUT2D eigenvalue weighted by molar-refractivity contribution is -0.117. The molecule has 2 aromatic rings. The Kier molecular flexibility index (Phi) is 5.82. The van der Waals surface area contributed by atoms with Gasteiger partial charge in [0.25, 0.3) is 0 Å². The van der Waals surface area contributed by atoms with E-state index in [1.807, 2.05) is 54.6 Å². The number of carbonyl (C=O) groups excluding carboxylic acids is 1. The lowest BCUT2D eigenvalue weighted by atomic mass is 10.2. The van der Waals surface area contributed by atoms with Crippen LogP contribution in [0.15, 0.2) is 54.6 Å². The lowest BCUT2D eigenvalue weighted by Crippen LogP contribution is -2.35. The molecule has 1 aliphatic rings. The van der Waals surface area contributed by atoms with E-state index in [0.29, 0.717) is 18.0 Å². The molecule has 2 aromatic carbocycles. The molecule has 1 saturated heterocycles. The molecule has 1 aliphatic heterocycles. The summed E-state index contributed by atoms with van der Waals surface area (Å²) in [6.07, 6.45) is 1.07. The topological polar surface area (TPSA) is 53.6 Å². The number of anilines is 1. The van der Waals surface area contributed by atoms with Gasteiger partial charge in [-0.05, 0) is 43.8 Å². The van der Waals surface area contributed by atoms with E-state index in [1.165, 1.54) is 0 Å². The van der Waals surface area contributed by atoms with Crippen LogP contribution >= 0.6 is 0 Å². The molecule has 0 aliphatic carbocycles. The molecule has 5 heteroatoms. The van der Waals surface area contributed by atoms with Crippen LogP contribution in [0.1, 0.15) is 6.42 Å². The first-order valence-electron chi connectivity index (χ1n) is 8.36. The van der Waals surface area contributed by atoms with Crippen LogP contribution in [0.25, 0.3) is 0 Å². The highest BCUT2D eigenvalue weighted by atomic mass is 16.5. The van der Waals surface area contributed by atoms with E-state index < -0.39 is 0 Å². The fraction of sp³-hybridized carbons (Fsp3) is 0.316. The molecule has 0 spiro atoms. The average molecular weight is 325 g/mol. The maximum absolute atomic E-state index is 12.4. The zero-order chi connectivity index (χ0) is 16.6. The maximum atomic E-state index is 12.4. The first-order chi connectivity index (χ1) is 11.8. The molecule has 1 fully saturated rings. The third-order valence-corrected chi connectivity index (χ3v) is 3.93. The molecule has 1 heterocycles. The summed E-state index contributed by atoms with van der Waals surface area (Å²) in [6.45, 7) is 4.20. The number of hydrogen-bond acceptors (Lipinski definition) is 4. The highest BCUT2D eigenvalue weighted by Gasteiger charge is 2.14. The summed E-state index contributed by atoms with van der Waals surface area (Å²) in [7, 11) is 0. The van der Waals surface area contributed by atoms with E-state index >= 15 is 0 Å². The minimum Gasteiger partial charge on any atom is -0.455 e. The molecule has 0 aromatic heterocycles. The van der Waals surface area contributed by atoms with Gasteiger partial charge in [0.05, 0.1) is 12.2 Å². The normalized spacial score (nSPS) is 15.5. The summed E-state index contributed by atoms with van der Waals surface area (Å²) in [5, 5.41) is 6.32. The Balaban J connectivity index is 1.63. The smallest absolute Gasteiger partial charge is 0.238 e. The number of ether oxygens (including phenoxy) is 1. The second-order valence-corrected chi connectivity index (χ2v) is 5.84. The first kappa shape index (κ1) is 16.5. The van der Waals surface area contributed by atoms with E-state index in [-0.39, 0.29) is 5.91 Å². The van der Waals surface area contributed by atoms with Crippen molar-refractivity contribution in [1.82, 2.24) is 10.2 Å². The molecular weight excluding hydrogens is 302 g/mol. The fourth-order valence-corrected chi connectivity index (χ4v) is 2.73. The van der Waals surface area contributed by atoms with Gasteiger partial charge in [0.15, 0.2) is 5.75 Å². The zero-order valence-corrected chi connectivity index (χ0v) is 13.7. The Hall–Kier alpha value is -2.37. The van der Waals surface area contributed by atoms with Crippen LogP contribution in [0, 0.1) is 0 Å². The highest BCUT2D eigenvalue weighted by molar-refractivity contribution is 5.93. The second-order valence-electron chi connectivity index (χ2n) is 5.84. The predicted molar refractivity (Wildman–Crippen MR) is 95.5 cm³/mol. The highest BCUT2D eigenvalue weighted by Crippen LogP contribution is 2.29. The van der Waals surface area contributed by atoms with Crippen molar-refractivity contribution in [3.05, 3.63) is 54.6 Å². The second kappa shape index (κ2) is 8.47. The molecule has 24 heavy (non-hydrogen) atoms. The van der Waals surface area contributed by atoms with Gasteiger partial charge >= 0.3 is 0 Å². The van der Waals surface area contributed by atoms with Gasteiger partial charge in [0.2, 0.25) is 5.91 Å².